The highest BCUT2D eigenvalue weighted by Gasteiger charge is 2.26. The Morgan fingerprint density at radius 1 is 1.08 bits per heavy atom. The quantitative estimate of drug-likeness (QED) is 0.727. The number of methoxy groups -OCH3 is 2. The van der Waals surface area contributed by atoms with Gasteiger partial charge in [0.2, 0.25) is 5.91 Å². The monoisotopic (exact) mass is 350 g/mol. The summed E-state index contributed by atoms with van der Waals surface area (Å²) in [4.78, 5) is 18.5. The van der Waals surface area contributed by atoms with Crippen molar-refractivity contribution in [1.29, 1.82) is 0 Å². The van der Waals surface area contributed by atoms with E-state index in [1.807, 2.05) is 36.4 Å². The van der Waals surface area contributed by atoms with Crippen LogP contribution in [0.1, 0.15) is 11.3 Å². The molecular formula is C20H18N2O4. The molecule has 0 unspecified atom stereocenters. The summed E-state index contributed by atoms with van der Waals surface area (Å²) in [5.74, 6) is 1.63. The second-order valence-corrected chi connectivity index (χ2v) is 5.99. The number of nitrogens with zero attached hydrogens (tertiary/aromatic N) is 2. The van der Waals surface area contributed by atoms with Crippen molar-refractivity contribution < 1.29 is 18.7 Å². The second-order valence-electron chi connectivity index (χ2n) is 5.99. The number of benzodiazepines with no additional fused rings is 1. The van der Waals surface area contributed by atoms with Gasteiger partial charge in [-0.3, -0.25) is 9.79 Å². The SMILES string of the molecule is COc1cc2c(cc1OC)N(C)C(=O)CN=C2c1cc2ccccc2o1. The van der Waals surface area contributed by atoms with Crippen LogP contribution >= 0.6 is 0 Å². The summed E-state index contributed by atoms with van der Waals surface area (Å²) >= 11 is 0. The van der Waals surface area contributed by atoms with Crippen molar-refractivity contribution in [2.24, 2.45) is 4.99 Å². The van der Waals surface area contributed by atoms with Gasteiger partial charge in [-0.1, -0.05) is 18.2 Å². The summed E-state index contributed by atoms with van der Waals surface area (Å²) < 4.78 is 16.8. The molecule has 0 N–H and O–H groups in total. The average Bonchev–Trinajstić information content (AvgIpc) is 3.05. The van der Waals surface area contributed by atoms with E-state index < -0.39 is 0 Å². The first kappa shape index (κ1) is 16.2. The van der Waals surface area contributed by atoms with Gasteiger partial charge in [0.15, 0.2) is 17.3 Å². The van der Waals surface area contributed by atoms with Gasteiger partial charge < -0.3 is 18.8 Å². The number of anilines is 1. The molecule has 0 spiro atoms. The molecule has 0 fully saturated rings. The van der Waals surface area contributed by atoms with Crippen LogP contribution in [-0.4, -0.2) is 39.4 Å². The molecule has 2 aromatic carbocycles. The number of furan rings is 1. The summed E-state index contributed by atoms with van der Waals surface area (Å²) in [5, 5.41) is 0.983. The van der Waals surface area contributed by atoms with Crippen molar-refractivity contribution in [3.63, 3.8) is 0 Å². The van der Waals surface area contributed by atoms with Crippen LogP contribution in [0.15, 0.2) is 51.9 Å². The molecule has 26 heavy (non-hydrogen) atoms. The fourth-order valence-corrected chi connectivity index (χ4v) is 3.12. The molecule has 0 atom stereocenters. The summed E-state index contributed by atoms with van der Waals surface area (Å²) in [6.07, 6.45) is 0. The Balaban J connectivity index is 1.95. The Hall–Kier alpha value is -3.28. The standard InChI is InChI=1S/C20H18N2O4/c1-22-14-10-17(25-3)16(24-2)9-13(14)20(21-11-19(22)23)18-8-12-6-4-5-7-15(12)26-18/h4-10H,11H2,1-3H3. The lowest BCUT2D eigenvalue weighted by atomic mass is 10.0. The molecular weight excluding hydrogens is 332 g/mol. The van der Waals surface area contributed by atoms with Gasteiger partial charge in [0.05, 0.1) is 19.9 Å². The van der Waals surface area contributed by atoms with Crippen molar-refractivity contribution in [3.8, 4) is 11.5 Å². The van der Waals surface area contributed by atoms with E-state index in [0.29, 0.717) is 28.7 Å². The number of amides is 1. The second kappa shape index (κ2) is 6.22. The molecule has 132 valence electrons. The van der Waals surface area contributed by atoms with Gasteiger partial charge in [0.1, 0.15) is 17.8 Å². The molecule has 0 saturated heterocycles. The summed E-state index contributed by atoms with van der Waals surface area (Å²) in [6, 6.07) is 13.3. The Labute approximate surface area is 150 Å². The number of rotatable bonds is 3. The molecule has 6 nitrogen and oxygen atoms in total. The van der Waals surface area contributed by atoms with Crippen molar-refractivity contribution in [1.82, 2.24) is 0 Å². The van der Waals surface area contributed by atoms with Crippen LogP contribution in [0.4, 0.5) is 5.69 Å². The first-order valence-corrected chi connectivity index (χ1v) is 8.18. The molecule has 0 saturated carbocycles. The molecule has 4 rings (SSSR count). The van der Waals surface area contributed by atoms with E-state index in [0.717, 1.165) is 16.5 Å². The maximum Gasteiger partial charge on any atom is 0.248 e. The highest BCUT2D eigenvalue weighted by atomic mass is 16.5. The third-order valence-electron chi connectivity index (χ3n) is 4.52. The Morgan fingerprint density at radius 2 is 1.81 bits per heavy atom. The zero-order valence-corrected chi connectivity index (χ0v) is 14.8. The van der Waals surface area contributed by atoms with Crippen molar-refractivity contribution in [2.45, 2.75) is 0 Å². The fourth-order valence-electron chi connectivity index (χ4n) is 3.12. The minimum absolute atomic E-state index is 0.0438. The maximum absolute atomic E-state index is 12.4. The largest absolute Gasteiger partial charge is 0.493 e. The van der Waals surface area contributed by atoms with Crippen LogP contribution in [0, 0.1) is 0 Å². The number of likely N-dealkylation sites (N-methyl/N-ethyl adjacent to an activating group) is 1. The predicted octanol–water partition coefficient (Wildman–Crippen LogP) is 3.26. The molecule has 1 aliphatic rings. The third kappa shape index (κ3) is 2.50. The van der Waals surface area contributed by atoms with Crippen LogP contribution in [0.3, 0.4) is 0 Å². The van der Waals surface area contributed by atoms with Gasteiger partial charge in [-0.25, -0.2) is 0 Å². The van der Waals surface area contributed by atoms with Gasteiger partial charge in [0.25, 0.3) is 0 Å². The lowest BCUT2D eigenvalue weighted by Crippen LogP contribution is -2.27. The first-order valence-electron chi connectivity index (χ1n) is 8.18. The van der Waals surface area contributed by atoms with E-state index in [-0.39, 0.29) is 12.5 Å². The smallest absolute Gasteiger partial charge is 0.248 e. The number of carbonyl (C=O) groups is 1. The molecule has 0 radical (unpaired) electrons. The number of carbonyl (C=O) groups excluding carboxylic acids is 1. The molecule has 0 bridgehead atoms. The third-order valence-corrected chi connectivity index (χ3v) is 4.52. The molecule has 1 aliphatic heterocycles. The summed E-state index contributed by atoms with van der Waals surface area (Å²) in [7, 11) is 4.87. The van der Waals surface area contributed by atoms with E-state index in [1.54, 1.807) is 32.2 Å². The Morgan fingerprint density at radius 3 is 2.54 bits per heavy atom. The highest BCUT2D eigenvalue weighted by molar-refractivity contribution is 6.19. The lowest BCUT2D eigenvalue weighted by molar-refractivity contribution is -0.116. The molecule has 2 heterocycles. The summed E-state index contributed by atoms with van der Waals surface area (Å²) in [5.41, 5.74) is 2.85. The number of hydrogen-bond acceptors (Lipinski definition) is 5. The molecule has 6 heteroatoms. The van der Waals surface area contributed by atoms with Gasteiger partial charge in [-0.2, -0.15) is 0 Å². The zero-order chi connectivity index (χ0) is 18.3. The number of benzene rings is 2. The van der Waals surface area contributed by atoms with E-state index >= 15 is 0 Å². The molecule has 3 aromatic rings. The van der Waals surface area contributed by atoms with Crippen molar-refractivity contribution in [3.05, 3.63) is 53.8 Å². The summed E-state index contributed by atoms with van der Waals surface area (Å²) in [6.45, 7) is 0.0438. The normalized spacial score (nSPS) is 14.0. The Bertz CT molecular complexity index is 1000. The number of fused-ring (bicyclic) bond motifs is 2. The topological polar surface area (TPSA) is 64.3 Å². The van der Waals surface area contributed by atoms with Crippen LogP contribution in [0.2, 0.25) is 0 Å². The van der Waals surface area contributed by atoms with E-state index in [1.165, 1.54) is 0 Å². The van der Waals surface area contributed by atoms with Crippen LogP contribution in [0.25, 0.3) is 11.0 Å². The van der Waals surface area contributed by atoms with Gasteiger partial charge in [-0.15, -0.1) is 0 Å². The zero-order valence-electron chi connectivity index (χ0n) is 14.8. The number of ether oxygens (including phenoxy) is 2. The number of hydrogen-bond donors (Lipinski definition) is 0. The molecule has 0 aliphatic carbocycles. The minimum Gasteiger partial charge on any atom is -0.493 e. The lowest BCUT2D eigenvalue weighted by Gasteiger charge is -2.20. The van der Waals surface area contributed by atoms with E-state index in [4.69, 9.17) is 13.9 Å². The van der Waals surface area contributed by atoms with Crippen LogP contribution in [0.5, 0.6) is 11.5 Å². The fraction of sp³-hybridized carbons (Fsp3) is 0.200. The van der Waals surface area contributed by atoms with Gasteiger partial charge >= 0.3 is 0 Å². The van der Waals surface area contributed by atoms with Crippen molar-refractivity contribution in [2.75, 3.05) is 32.7 Å². The van der Waals surface area contributed by atoms with Gasteiger partial charge in [0, 0.05) is 24.1 Å². The first-order chi connectivity index (χ1) is 12.6. The van der Waals surface area contributed by atoms with Gasteiger partial charge in [-0.05, 0) is 18.2 Å². The minimum atomic E-state index is -0.107. The predicted molar refractivity (Wildman–Crippen MR) is 99.7 cm³/mol. The van der Waals surface area contributed by atoms with Crippen LogP contribution in [-0.2, 0) is 4.79 Å². The molecule has 1 amide bonds. The van der Waals surface area contributed by atoms with E-state index in [9.17, 15) is 4.79 Å². The van der Waals surface area contributed by atoms with Crippen molar-refractivity contribution >= 4 is 28.3 Å². The van der Waals surface area contributed by atoms with Crippen LogP contribution < -0.4 is 14.4 Å². The maximum atomic E-state index is 12.4. The highest BCUT2D eigenvalue weighted by Crippen LogP contribution is 2.37. The number of aliphatic imine (C=N–C) groups is 1. The average molecular weight is 350 g/mol. The Kier molecular flexibility index (Phi) is 3.88. The number of para-hydroxylation sites is 1. The molecule has 1 aromatic heterocycles. The van der Waals surface area contributed by atoms with E-state index in [2.05, 4.69) is 4.99 Å².